The van der Waals surface area contributed by atoms with Gasteiger partial charge in [0.25, 0.3) is 0 Å². The molecule has 0 saturated carbocycles. The number of likely N-dealkylation sites (tertiary alicyclic amines) is 1. The maximum Gasteiger partial charge on any atom is 0.222 e. The monoisotopic (exact) mass is 247 g/mol. The van der Waals surface area contributed by atoms with E-state index in [2.05, 4.69) is 0 Å². The highest BCUT2D eigenvalue weighted by Gasteiger charge is 2.24. The number of hydrogen-bond acceptors (Lipinski definition) is 3. The normalized spacial score (nSPS) is 18.8. The molecule has 1 saturated heterocycles. The van der Waals surface area contributed by atoms with Crippen molar-refractivity contribution in [3.63, 3.8) is 0 Å². The third kappa shape index (κ3) is 4.51. The minimum absolute atomic E-state index is 0.209. The summed E-state index contributed by atoms with van der Waals surface area (Å²) in [5.74, 6) is 0.712. The van der Waals surface area contributed by atoms with Crippen molar-refractivity contribution >= 4 is 15.7 Å². The van der Waals surface area contributed by atoms with Gasteiger partial charge in [-0.2, -0.15) is 0 Å². The zero-order valence-electron chi connectivity index (χ0n) is 10.1. The van der Waals surface area contributed by atoms with Crippen LogP contribution in [-0.4, -0.2) is 44.3 Å². The number of carbonyl (C=O) groups excluding carboxylic acids is 1. The van der Waals surface area contributed by atoms with E-state index < -0.39 is 9.84 Å². The first kappa shape index (κ1) is 13.5. The second-order valence-corrected chi connectivity index (χ2v) is 6.85. The molecule has 0 N–H and O–H groups in total. The van der Waals surface area contributed by atoms with Gasteiger partial charge in [-0.3, -0.25) is 4.79 Å². The van der Waals surface area contributed by atoms with Crippen LogP contribution in [0.5, 0.6) is 0 Å². The van der Waals surface area contributed by atoms with Crippen molar-refractivity contribution in [2.45, 2.75) is 32.6 Å². The molecule has 5 heteroatoms. The van der Waals surface area contributed by atoms with Crippen LogP contribution in [0.3, 0.4) is 0 Å². The zero-order chi connectivity index (χ0) is 12.2. The lowest BCUT2D eigenvalue weighted by Crippen LogP contribution is -2.39. The van der Waals surface area contributed by atoms with E-state index in [0.717, 1.165) is 32.4 Å². The molecule has 1 heterocycles. The largest absolute Gasteiger partial charge is 0.343 e. The summed E-state index contributed by atoms with van der Waals surface area (Å²) in [5.41, 5.74) is 0. The van der Waals surface area contributed by atoms with Crippen LogP contribution in [0.25, 0.3) is 0 Å². The van der Waals surface area contributed by atoms with E-state index in [-0.39, 0.29) is 17.6 Å². The van der Waals surface area contributed by atoms with Gasteiger partial charge in [-0.05, 0) is 25.2 Å². The average molecular weight is 247 g/mol. The molecule has 1 fully saturated rings. The Morgan fingerprint density at radius 2 is 1.88 bits per heavy atom. The van der Waals surface area contributed by atoms with Crippen molar-refractivity contribution in [2.24, 2.45) is 5.92 Å². The van der Waals surface area contributed by atoms with Crippen molar-refractivity contribution < 1.29 is 13.2 Å². The fourth-order valence-corrected chi connectivity index (χ4v) is 3.34. The molecule has 0 radical (unpaired) electrons. The van der Waals surface area contributed by atoms with Crippen LogP contribution in [0.4, 0.5) is 0 Å². The van der Waals surface area contributed by atoms with Gasteiger partial charge in [0.1, 0.15) is 9.84 Å². The van der Waals surface area contributed by atoms with E-state index in [1.165, 1.54) is 6.26 Å². The molecule has 0 aromatic carbocycles. The summed E-state index contributed by atoms with van der Waals surface area (Å²) >= 11 is 0. The fraction of sp³-hybridized carbons (Fsp3) is 0.909. The Balaban J connectivity index is 2.37. The highest BCUT2D eigenvalue weighted by molar-refractivity contribution is 7.90. The number of sulfone groups is 1. The molecule has 94 valence electrons. The van der Waals surface area contributed by atoms with Gasteiger partial charge in [0.15, 0.2) is 0 Å². The van der Waals surface area contributed by atoms with Crippen LogP contribution < -0.4 is 0 Å². The maximum atomic E-state index is 11.6. The Labute approximate surface area is 97.9 Å². The van der Waals surface area contributed by atoms with Crippen LogP contribution in [0, 0.1) is 5.92 Å². The first-order valence-electron chi connectivity index (χ1n) is 5.88. The number of nitrogens with zero attached hydrogens (tertiary/aromatic N) is 1. The van der Waals surface area contributed by atoms with Gasteiger partial charge in [-0.15, -0.1) is 0 Å². The highest BCUT2D eigenvalue weighted by Crippen LogP contribution is 2.19. The Morgan fingerprint density at radius 1 is 1.31 bits per heavy atom. The summed E-state index contributed by atoms with van der Waals surface area (Å²) in [7, 11) is -2.88. The molecule has 1 rings (SSSR count). The van der Waals surface area contributed by atoms with E-state index in [0.29, 0.717) is 6.42 Å². The lowest BCUT2D eigenvalue weighted by atomic mass is 9.99. The summed E-state index contributed by atoms with van der Waals surface area (Å²) in [4.78, 5) is 13.5. The van der Waals surface area contributed by atoms with Crippen LogP contribution in [0.2, 0.25) is 0 Å². The minimum atomic E-state index is -2.88. The van der Waals surface area contributed by atoms with Crippen molar-refractivity contribution in [3.8, 4) is 0 Å². The molecule has 1 aliphatic rings. The predicted molar refractivity (Wildman–Crippen MR) is 63.9 cm³/mol. The van der Waals surface area contributed by atoms with Gasteiger partial charge in [0.05, 0.1) is 5.75 Å². The van der Waals surface area contributed by atoms with Gasteiger partial charge in [0.2, 0.25) is 5.91 Å². The third-order valence-electron chi connectivity index (χ3n) is 2.97. The number of hydrogen-bond donors (Lipinski definition) is 0. The molecule has 0 bridgehead atoms. The number of rotatable bonds is 4. The molecule has 0 spiro atoms. The topological polar surface area (TPSA) is 54.5 Å². The Kier molecular flexibility index (Phi) is 4.77. The van der Waals surface area contributed by atoms with Crippen molar-refractivity contribution in [1.29, 1.82) is 0 Å². The molecular weight excluding hydrogens is 226 g/mol. The molecule has 16 heavy (non-hydrogen) atoms. The second-order valence-electron chi connectivity index (χ2n) is 4.67. The van der Waals surface area contributed by atoms with E-state index in [1.807, 2.05) is 11.8 Å². The van der Waals surface area contributed by atoms with E-state index in [9.17, 15) is 13.2 Å². The molecule has 4 nitrogen and oxygen atoms in total. The van der Waals surface area contributed by atoms with Gasteiger partial charge >= 0.3 is 0 Å². The smallest absolute Gasteiger partial charge is 0.222 e. The van der Waals surface area contributed by atoms with Crippen molar-refractivity contribution in [1.82, 2.24) is 4.90 Å². The summed E-state index contributed by atoms with van der Waals surface area (Å²) in [5, 5.41) is 0. The molecule has 1 amide bonds. The number of amides is 1. The van der Waals surface area contributed by atoms with Gasteiger partial charge in [0, 0.05) is 25.8 Å². The molecule has 0 aliphatic carbocycles. The van der Waals surface area contributed by atoms with Crippen LogP contribution in [-0.2, 0) is 14.6 Å². The molecule has 0 atom stereocenters. The van der Waals surface area contributed by atoms with Crippen molar-refractivity contribution in [3.05, 3.63) is 0 Å². The Hall–Kier alpha value is -0.580. The molecule has 0 unspecified atom stereocenters. The quantitative estimate of drug-likeness (QED) is 0.746. The average Bonchev–Trinajstić information content (AvgIpc) is 2.16. The third-order valence-corrected chi connectivity index (χ3v) is 4.05. The van der Waals surface area contributed by atoms with Crippen LogP contribution >= 0.6 is 0 Å². The number of carbonyl (C=O) groups is 1. The SMILES string of the molecule is CCCC(=O)N1CCC(CS(C)(=O)=O)CC1. The van der Waals surface area contributed by atoms with Crippen molar-refractivity contribution in [2.75, 3.05) is 25.1 Å². The standard InChI is InChI=1S/C11H21NO3S/c1-3-4-11(13)12-7-5-10(6-8-12)9-16(2,14)15/h10H,3-9H2,1-2H3. The fourth-order valence-electron chi connectivity index (χ4n) is 2.15. The first-order valence-corrected chi connectivity index (χ1v) is 7.94. The molecular formula is C11H21NO3S. The van der Waals surface area contributed by atoms with Crippen LogP contribution in [0.15, 0.2) is 0 Å². The van der Waals surface area contributed by atoms with Gasteiger partial charge < -0.3 is 4.90 Å². The summed E-state index contributed by atoms with van der Waals surface area (Å²) < 4.78 is 22.3. The summed E-state index contributed by atoms with van der Waals surface area (Å²) in [6.45, 7) is 3.44. The second kappa shape index (κ2) is 5.66. The number of piperidine rings is 1. The molecule has 1 aliphatic heterocycles. The van der Waals surface area contributed by atoms with E-state index >= 15 is 0 Å². The highest BCUT2D eigenvalue weighted by atomic mass is 32.2. The Morgan fingerprint density at radius 3 is 2.31 bits per heavy atom. The first-order chi connectivity index (χ1) is 7.42. The predicted octanol–water partition coefficient (Wildman–Crippen LogP) is 1.07. The minimum Gasteiger partial charge on any atom is -0.343 e. The lowest BCUT2D eigenvalue weighted by molar-refractivity contribution is -0.132. The zero-order valence-corrected chi connectivity index (χ0v) is 10.9. The Bertz CT molecular complexity index is 329. The molecule has 0 aromatic rings. The van der Waals surface area contributed by atoms with Gasteiger partial charge in [-0.25, -0.2) is 8.42 Å². The lowest BCUT2D eigenvalue weighted by Gasteiger charge is -2.31. The van der Waals surface area contributed by atoms with Gasteiger partial charge in [-0.1, -0.05) is 6.92 Å². The van der Waals surface area contributed by atoms with E-state index in [4.69, 9.17) is 0 Å². The summed E-state index contributed by atoms with van der Waals surface area (Å²) in [6.07, 6.45) is 4.41. The summed E-state index contributed by atoms with van der Waals surface area (Å²) in [6, 6.07) is 0. The van der Waals surface area contributed by atoms with Crippen LogP contribution in [0.1, 0.15) is 32.6 Å². The maximum absolute atomic E-state index is 11.6. The van der Waals surface area contributed by atoms with E-state index in [1.54, 1.807) is 0 Å². The molecule has 0 aromatic heterocycles.